The topological polar surface area (TPSA) is 26.3 Å². The lowest BCUT2D eigenvalue weighted by Gasteiger charge is -2.26. The van der Waals surface area contributed by atoms with Crippen LogP contribution in [0, 0.1) is 11.3 Å². The van der Waals surface area contributed by atoms with Gasteiger partial charge < -0.3 is 9.53 Å². The van der Waals surface area contributed by atoms with Crippen LogP contribution in [-0.4, -0.2) is 19.0 Å². The lowest BCUT2D eigenvalue weighted by atomic mass is 9.79. The van der Waals surface area contributed by atoms with Gasteiger partial charge in [-0.1, -0.05) is 46.5 Å². The van der Waals surface area contributed by atoms with Crippen molar-refractivity contribution < 1.29 is 9.53 Å². The van der Waals surface area contributed by atoms with Crippen LogP contribution in [0.2, 0.25) is 0 Å². The minimum Gasteiger partial charge on any atom is -0.378 e. The Balaban J connectivity index is 2.05. The van der Waals surface area contributed by atoms with Crippen LogP contribution in [-0.2, 0) is 9.53 Å². The van der Waals surface area contributed by atoms with Crippen molar-refractivity contribution in [3.8, 4) is 0 Å². The van der Waals surface area contributed by atoms with Crippen LogP contribution in [0.1, 0.15) is 72.1 Å². The highest BCUT2D eigenvalue weighted by atomic mass is 16.5. The molecule has 0 spiro atoms. The zero-order chi connectivity index (χ0) is 13.4. The third-order valence-electron chi connectivity index (χ3n) is 4.09. The highest BCUT2D eigenvalue weighted by Gasteiger charge is 2.23. The normalized spacial score (nSPS) is 19.7. The molecule has 0 aromatic carbocycles. The minimum atomic E-state index is 0.103. The number of ether oxygens (including phenoxy) is 1. The molecule has 0 radical (unpaired) electrons. The van der Waals surface area contributed by atoms with Gasteiger partial charge in [0.05, 0.1) is 6.10 Å². The number of aldehydes is 1. The molecule has 106 valence electrons. The Hall–Kier alpha value is -0.370. The van der Waals surface area contributed by atoms with Gasteiger partial charge in [0, 0.05) is 12.5 Å². The fraction of sp³-hybridized carbons (Fsp3) is 0.938. The van der Waals surface area contributed by atoms with E-state index in [9.17, 15) is 4.79 Å². The third-order valence-corrected chi connectivity index (χ3v) is 4.09. The molecular weight excluding hydrogens is 224 g/mol. The number of hydrogen-bond donors (Lipinski definition) is 0. The Morgan fingerprint density at radius 2 is 1.83 bits per heavy atom. The number of hydrogen-bond acceptors (Lipinski definition) is 2. The first kappa shape index (κ1) is 15.7. The maximum Gasteiger partial charge on any atom is 0.123 e. The van der Waals surface area contributed by atoms with Gasteiger partial charge in [0.25, 0.3) is 0 Å². The van der Waals surface area contributed by atoms with Crippen LogP contribution in [0.5, 0.6) is 0 Å². The van der Waals surface area contributed by atoms with Crippen molar-refractivity contribution in [3.63, 3.8) is 0 Å². The molecule has 1 atom stereocenters. The van der Waals surface area contributed by atoms with Crippen molar-refractivity contribution in [2.75, 3.05) is 6.61 Å². The molecule has 1 aliphatic rings. The van der Waals surface area contributed by atoms with Crippen LogP contribution in [0.25, 0.3) is 0 Å². The van der Waals surface area contributed by atoms with Crippen LogP contribution in [0.4, 0.5) is 0 Å². The monoisotopic (exact) mass is 254 g/mol. The standard InChI is InChI=1S/C16H30O2/c1-16(2,3)14(13-17)9-7-8-12-18-15-10-5-4-6-11-15/h13-15H,4-12H2,1-3H3. The number of rotatable bonds is 7. The van der Waals surface area contributed by atoms with Crippen molar-refractivity contribution in [3.05, 3.63) is 0 Å². The summed E-state index contributed by atoms with van der Waals surface area (Å²) in [5, 5.41) is 0. The van der Waals surface area contributed by atoms with Gasteiger partial charge in [0.2, 0.25) is 0 Å². The summed E-state index contributed by atoms with van der Waals surface area (Å²) < 4.78 is 5.90. The molecule has 1 unspecified atom stereocenters. The fourth-order valence-electron chi connectivity index (χ4n) is 2.65. The second kappa shape index (κ2) is 7.93. The summed E-state index contributed by atoms with van der Waals surface area (Å²) in [6.45, 7) is 7.31. The van der Waals surface area contributed by atoms with Crippen LogP contribution >= 0.6 is 0 Å². The summed E-state index contributed by atoms with van der Waals surface area (Å²) in [5.41, 5.74) is 0.103. The SMILES string of the molecule is CC(C)(C)C(C=O)CCCCOC1CCCCC1. The third kappa shape index (κ3) is 5.99. The molecule has 0 N–H and O–H groups in total. The average molecular weight is 254 g/mol. The predicted molar refractivity (Wildman–Crippen MR) is 75.7 cm³/mol. The highest BCUT2D eigenvalue weighted by molar-refractivity contribution is 5.54. The van der Waals surface area contributed by atoms with Gasteiger partial charge in [0.1, 0.15) is 6.29 Å². The summed E-state index contributed by atoms with van der Waals surface area (Å²) in [6, 6.07) is 0. The van der Waals surface area contributed by atoms with Crippen LogP contribution in [0.15, 0.2) is 0 Å². The van der Waals surface area contributed by atoms with E-state index in [2.05, 4.69) is 20.8 Å². The number of carbonyl (C=O) groups excluding carboxylic acids is 1. The van der Waals surface area contributed by atoms with Gasteiger partial charge in [0.15, 0.2) is 0 Å². The van der Waals surface area contributed by atoms with E-state index < -0.39 is 0 Å². The Labute approximate surface area is 112 Å². The average Bonchev–Trinajstić information content (AvgIpc) is 2.33. The highest BCUT2D eigenvalue weighted by Crippen LogP contribution is 2.28. The quantitative estimate of drug-likeness (QED) is 0.498. The predicted octanol–water partition coefficient (Wildman–Crippen LogP) is 4.37. The van der Waals surface area contributed by atoms with E-state index >= 15 is 0 Å². The molecule has 2 nitrogen and oxygen atoms in total. The van der Waals surface area contributed by atoms with Gasteiger partial charge in [-0.2, -0.15) is 0 Å². The van der Waals surface area contributed by atoms with Crippen molar-refractivity contribution >= 4 is 6.29 Å². The lowest BCUT2D eigenvalue weighted by Crippen LogP contribution is -2.22. The van der Waals surface area contributed by atoms with Crippen LogP contribution < -0.4 is 0 Å². The molecule has 1 aliphatic carbocycles. The second-order valence-electron chi connectivity index (χ2n) is 6.74. The largest absolute Gasteiger partial charge is 0.378 e. The zero-order valence-electron chi connectivity index (χ0n) is 12.4. The summed E-state index contributed by atoms with van der Waals surface area (Å²) >= 11 is 0. The van der Waals surface area contributed by atoms with E-state index in [0.29, 0.717) is 6.10 Å². The van der Waals surface area contributed by atoms with E-state index in [4.69, 9.17) is 4.74 Å². The Bertz CT molecular complexity index is 224. The van der Waals surface area contributed by atoms with Gasteiger partial charge >= 0.3 is 0 Å². The van der Waals surface area contributed by atoms with E-state index in [1.165, 1.54) is 32.1 Å². The maximum absolute atomic E-state index is 11.0. The van der Waals surface area contributed by atoms with Crippen molar-refractivity contribution in [2.45, 2.75) is 78.2 Å². The lowest BCUT2D eigenvalue weighted by molar-refractivity contribution is -0.114. The molecule has 0 saturated heterocycles. The number of carbonyl (C=O) groups is 1. The van der Waals surface area contributed by atoms with Gasteiger partial charge in [-0.3, -0.25) is 0 Å². The molecule has 1 saturated carbocycles. The van der Waals surface area contributed by atoms with E-state index in [1.807, 2.05) is 0 Å². The second-order valence-corrected chi connectivity index (χ2v) is 6.74. The maximum atomic E-state index is 11.0. The molecular formula is C16H30O2. The molecule has 0 amide bonds. The van der Waals surface area contributed by atoms with Crippen molar-refractivity contribution in [1.82, 2.24) is 0 Å². The van der Waals surface area contributed by atoms with Gasteiger partial charge in [-0.25, -0.2) is 0 Å². The molecule has 0 heterocycles. The first-order valence-electron chi connectivity index (χ1n) is 7.61. The number of unbranched alkanes of at least 4 members (excludes halogenated alkanes) is 1. The van der Waals surface area contributed by atoms with Gasteiger partial charge in [-0.15, -0.1) is 0 Å². The molecule has 0 aliphatic heterocycles. The molecule has 0 aromatic heterocycles. The molecule has 0 bridgehead atoms. The Kier molecular flexibility index (Phi) is 6.91. The van der Waals surface area contributed by atoms with E-state index in [0.717, 1.165) is 32.2 Å². The molecule has 18 heavy (non-hydrogen) atoms. The van der Waals surface area contributed by atoms with E-state index in [1.54, 1.807) is 0 Å². The Morgan fingerprint density at radius 1 is 1.17 bits per heavy atom. The first-order valence-corrected chi connectivity index (χ1v) is 7.61. The first-order chi connectivity index (χ1) is 8.54. The summed E-state index contributed by atoms with van der Waals surface area (Å²) in [4.78, 5) is 11.0. The Morgan fingerprint density at radius 3 is 2.39 bits per heavy atom. The molecule has 0 aromatic rings. The van der Waals surface area contributed by atoms with Crippen molar-refractivity contribution in [2.24, 2.45) is 11.3 Å². The fourth-order valence-corrected chi connectivity index (χ4v) is 2.65. The molecule has 1 fully saturated rings. The minimum absolute atomic E-state index is 0.103. The smallest absolute Gasteiger partial charge is 0.123 e. The van der Waals surface area contributed by atoms with E-state index in [-0.39, 0.29) is 11.3 Å². The molecule has 1 rings (SSSR count). The zero-order valence-corrected chi connectivity index (χ0v) is 12.4. The summed E-state index contributed by atoms with van der Waals surface area (Å²) in [5.74, 6) is 0.187. The summed E-state index contributed by atoms with van der Waals surface area (Å²) in [6.07, 6.45) is 11.4. The van der Waals surface area contributed by atoms with Gasteiger partial charge in [-0.05, 0) is 31.1 Å². The van der Waals surface area contributed by atoms with Crippen LogP contribution in [0.3, 0.4) is 0 Å². The van der Waals surface area contributed by atoms with Crippen molar-refractivity contribution in [1.29, 1.82) is 0 Å². The summed E-state index contributed by atoms with van der Waals surface area (Å²) in [7, 11) is 0. The molecule has 2 heteroatoms.